The molecule has 0 aromatic rings. The van der Waals surface area contributed by atoms with Gasteiger partial charge < -0.3 is 10.1 Å². The molecule has 0 aliphatic carbocycles. The third-order valence-electron chi connectivity index (χ3n) is 5.09. The van der Waals surface area contributed by atoms with Gasteiger partial charge in [-0.1, -0.05) is 27.7 Å². The van der Waals surface area contributed by atoms with E-state index < -0.39 is 0 Å². The number of thioether (sulfide) groups is 1. The molecule has 2 unspecified atom stereocenters. The van der Waals surface area contributed by atoms with Gasteiger partial charge in [0.25, 0.3) is 0 Å². The van der Waals surface area contributed by atoms with Crippen LogP contribution in [0.25, 0.3) is 0 Å². The molecule has 1 N–H and O–H groups in total. The van der Waals surface area contributed by atoms with Crippen molar-refractivity contribution in [3.8, 4) is 0 Å². The lowest BCUT2D eigenvalue weighted by atomic mass is 9.81. The fourth-order valence-corrected chi connectivity index (χ4v) is 4.18. The minimum absolute atomic E-state index is 0.214. The van der Waals surface area contributed by atoms with Gasteiger partial charge in [0.15, 0.2) is 0 Å². The van der Waals surface area contributed by atoms with E-state index in [4.69, 9.17) is 4.74 Å². The van der Waals surface area contributed by atoms with E-state index in [1.807, 2.05) is 0 Å². The van der Waals surface area contributed by atoms with Gasteiger partial charge in [-0.25, -0.2) is 0 Å². The maximum atomic E-state index is 6.16. The fourth-order valence-electron chi connectivity index (χ4n) is 2.94. The van der Waals surface area contributed by atoms with Gasteiger partial charge in [-0.05, 0) is 55.1 Å². The Morgan fingerprint density at radius 1 is 1.32 bits per heavy atom. The highest BCUT2D eigenvalue weighted by Crippen LogP contribution is 2.37. The van der Waals surface area contributed by atoms with Crippen molar-refractivity contribution in [3.05, 3.63) is 0 Å². The first kappa shape index (κ1) is 15.7. The second-order valence-corrected chi connectivity index (χ2v) is 8.73. The summed E-state index contributed by atoms with van der Waals surface area (Å²) in [6.07, 6.45) is 4.92. The van der Waals surface area contributed by atoms with Crippen LogP contribution in [0.1, 0.15) is 53.4 Å². The van der Waals surface area contributed by atoms with Gasteiger partial charge in [0, 0.05) is 12.6 Å². The van der Waals surface area contributed by atoms with Crippen molar-refractivity contribution in [1.82, 2.24) is 5.32 Å². The van der Waals surface area contributed by atoms with E-state index in [-0.39, 0.29) is 5.60 Å². The highest BCUT2D eigenvalue weighted by molar-refractivity contribution is 7.99. The highest BCUT2D eigenvalue weighted by atomic mass is 32.2. The quantitative estimate of drug-likeness (QED) is 0.854. The van der Waals surface area contributed by atoms with E-state index in [1.165, 1.54) is 37.2 Å². The highest BCUT2D eigenvalue weighted by Gasteiger charge is 2.38. The summed E-state index contributed by atoms with van der Waals surface area (Å²) in [6.45, 7) is 11.5. The molecule has 2 saturated heterocycles. The monoisotopic (exact) mass is 285 g/mol. The molecule has 0 bridgehead atoms. The van der Waals surface area contributed by atoms with Crippen LogP contribution in [0.15, 0.2) is 0 Å². The largest absolute Gasteiger partial charge is 0.375 e. The normalized spacial score (nSPS) is 29.4. The molecular formula is C16H31NOS. The molecule has 2 rings (SSSR count). The molecule has 0 aromatic heterocycles. The smallest absolute Gasteiger partial charge is 0.0713 e. The van der Waals surface area contributed by atoms with E-state index in [0.29, 0.717) is 17.4 Å². The van der Waals surface area contributed by atoms with E-state index in [9.17, 15) is 0 Å². The van der Waals surface area contributed by atoms with Crippen molar-refractivity contribution < 1.29 is 4.74 Å². The van der Waals surface area contributed by atoms with Crippen molar-refractivity contribution in [3.63, 3.8) is 0 Å². The molecule has 2 atom stereocenters. The second-order valence-electron chi connectivity index (χ2n) is 7.51. The molecular weight excluding hydrogens is 254 g/mol. The van der Waals surface area contributed by atoms with E-state index >= 15 is 0 Å². The second kappa shape index (κ2) is 6.36. The number of hydrogen-bond acceptors (Lipinski definition) is 3. The number of rotatable bonds is 3. The van der Waals surface area contributed by atoms with Gasteiger partial charge in [0.1, 0.15) is 0 Å². The Bertz CT molecular complexity index is 275. The third-order valence-corrected chi connectivity index (χ3v) is 6.07. The first-order valence-corrected chi connectivity index (χ1v) is 9.02. The Kier molecular flexibility index (Phi) is 5.24. The summed E-state index contributed by atoms with van der Waals surface area (Å²) in [7, 11) is 0. The molecule has 2 heterocycles. The lowest BCUT2D eigenvalue weighted by Gasteiger charge is -2.44. The van der Waals surface area contributed by atoms with E-state index in [1.54, 1.807) is 0 Å². The topological polar surface area (TPSA) is 21.3 Å². The zero-order valence-electron chi connectivity index (χ0n) is 13.1. The van der Waals surface area contributed by atoms with Gasteiger partial charge in [-0.15, -0.1) is 0 Å². The van der Waals surface area contributed by atoms with Crippen LogP contribution in [0.3, 0.4) is 0 Å². The zero-order chi connectivity index (χ0) is 13.9. The van der Waals surface area contributed by atoms with Gasteiger partial charge in [0.05, 0.1) is 5.60 Å². The van der Waals surface area contributed by atoms with Gasteiger partial charge >= 0.3 is 0 Å². The molecule has 2 aliphatic rings. The molecule has 2 aliphatic heterocycles. The first-order valence-electron chi connectivity index (χ1n) is 7.86. The van der Waals surface area contributed by atoms with Gasteiger partial charge in [-0.3, -0.25) is 0 Å². The average molecular weight is 285 g/mol. The van der Waals surface area contributed by atoms with Crippen LogP contribution < -0.4 is 5.32 Å². The lowest BCUT2D eigenvalue weighted by Crippen LogP contribution is -2.50. The van der Waals surface area contributed by atoms with Crippen LogP contribution in [0.2, 0.25) is 0 Å². The summed E-state index contributed by atoms with van der Waals surface area (Å²) in [5.74, 6) is 3.28. The van der Waals surface area contributed by atoms with Crippen LogP contribution in [0.4, 0.5) is 0 Å². The minimum atomic E-state index is 0.214. The molecule has 0 saturated carbocycles. The summed E-state index contributed by atoms with van der Waals surface area (Å²) in [5, 5.41) is 3.81. The van der Waals surface area contributed by atoms with Crippen LogP contribution >= 0.6 is 11.8 Å². The van der Waals surface area contributed by atoms with Crippen LogP contribution in [-0.2, 0) is 4.74 Å². The van der Waals surface area contributed by atoms with Crippen molar-refractivity contribution in [2.75, 3.05) is 24.7 Å². The molecule has 19 heavy (non-hydrogen) atoms. The molecule has 2 nitrogen and oxygen atoms in total. The first-order chi connectivity index (χ1) is 8.91. The molecule has 0 aromatic carbocycles. The summed E-state index contributed by atoms with van der Waals surface area (Å²) in [4.78, 5) is 0. The Morgan fingerprint density at radius 2 is 2.00 bits per heavy atom. The van der Waals surface area contributed by atoms with Crippen LogP contribution in [0, 0.1) is 11.3 Å². The van der Waals surface area contributed by atoms with Crippen LogP contribution in [-0.4, -0.2) is 36.3 Å². The Labute approximate surface area is 123 Å². The Balaban J connectivity index is 1.81. The SMILES string of the molecule is CC(CNC1CCOC2(CCSCC2)C1)C(C)(C)C. The molecule has 2 fully saturated rings. The molecule has 3 heteroatoms. The summed E-state index contributed by atoms with van der Waals surface area (Å²) in [5.41, 5.74) is 0.615. The zero-order valence-corrected chi connectivity index (χ0v) is 13.9. The van der Waals surface area contributed by atoms with Crippen LogP contribution in [0.5, 0.6) is 0 Å². The predicted molar refractivity (Wildman–Crippen MR) is 84.9 cm³/mol. The minimum Gasteiger partial charge on any atom is -0.375 e. The molecule has 1 spiro atoms. The van der Waals surface area contributed by atoms with Crippen molar-refractivity contribution >= 4 is 11.8 Å². The van der Waals surface area contributed by atoms with Crippen molar-refractivity contribution in [2.45, 2.75) is 65.0 Å². The predicted octanol–water partition coefficient (Wildman–Crippen LogP) is 3.70. The number of nitrogens with one attached hydrogen (secondary N) is 1. The molecule has 0 amide bonds. The van der Waals surface area contributed by atoms with E-state index in [0.717, 1.165) is 13.2 Å². The Hall–Kier alpha value is 0.270. The van der Waals surface area contributed by atoms with Gasteiger partial charge in [0.2, 0.25) is 0 Å². The third kappa shape index (κ3) is 4.37. The summed E-state index contributed by atoms with van der Waals surface area (Å²) >= 11 is 2.08. The van der Waals surface area contributed by atoms with Crippen molar-refractivity contribution in [2.24, 2.45) is 11.3 Å². The van der Waals surface area contributed by atoms with E-state index in [2.05, 4.69) is 44.8 Å². The fraction of sp³-hybridized carbons (Fsp3) is 1.00. The van der Waals surface area contributed by atoms with Crippen molar-refractivity contribution in [1.29, 1.82) is 0 Å². The lowest BCUT2D eigenvalue weighted by molar-refractivity contribution is -0.0936. The Morgan fingerprint density at radius 3 is 2.63 bits per heavy atom. The number of ether oxygens (including phenoxy) is 1. The maximum absolute atomic E-state index is 6.16. The summed E-state index contributed by atoms with van der Waals surface area (Å²) < 4.78 is 6.16. The molecule has 0 radical (unpaired) electrons. The van der Waals surface area contributed by atoms with Gasteiger partial charge in [-0.2, -0.15) is 11.8 Å². The average Bonchev–Trinajstić information content (AvgIpc) is 2.36. The maximum Gasteiger partial charge on any atom is 0.0713 e. The number of hydrogen-bond donors (Lipinski definition) is 1. The standard InChI is InChI=1S/C16H31NOS/c1-13(15(2,3)4)12-17-14-5-8-18-16(11-14)6-9-19-10-7-16/h13-14,17H,5-12H2,1-4H3. The molecule has 112 valence electrons. The summed E-state index contributed by atoms with van der Waals surface area (Å²) in [6, 6.07) is 0.668.